The summed E-state index contributed by atoms with van der Waals surface area (Å²) in [5, 5.41) is 10.8. The average Bonchev–Trinajstić information content (AvgIpc) is 2.98. The van der Waals surface area contributed by atoms with Crippen molar-refractivity contribution in [3.05, 3.63) is 35.9 Å². The third-order valence-corrected chi connectivity index (χ3v) is 5.26. The predicted octanol–water partition coefficient (Wildman–Crippen LogP) is 2.31. The van der Waals surface area contributed by atoms with Crippen molar-refractivity contribution >= 4 is 5.91 Å². The Morgan fingerprint density at radius 2 is 1.76 bits per heavy atom. The molecule has 0 unspecified atom stereocenters. The van der Waals surface area contributed by atoms with E-state index < -0.39 is 11.5 Å². The first-order valence-electron chi connectivity index (χ1n) is 9.00. The molecule has 2 aliphatic heterocycles. The van der Waals surface area contributed by atoms with E-state index in [1.165, 1.54) is 0 Å². The molecule has 25 heavy (non-hydrogen) atoms. The Bertz CT molecular complexity index is 586. The summed E-state index contributed by atoms with van der Waals surface area (Å²) < 4.78 is 26.5. The zero-order valence-electron chi connectivity index (χ0n) is 14.5. The smallest absolute Gasteiger partial charge is 0.250 e. The lowest BCUT2D eigenvalue weighted by Crippen LogP contribution is -2.49. The summed E-state index contributed by atoms with van der Waals surface area (Å²) in [4.78, 5) is 16.0. The van der Waals surface area contributed by atoms with Gasteiger partial charge in [0.25, 0.3) is 5.92 Å². The molecule has 0 saturated carbocycles. The van der Waals surface area contributed by atoms with Crippen LogP contribution in [0, 0.1) is 0 Å². The Morgan fingerprint density at radius 3 is 2.44 bits per heavy atom. The molecule has 2 aliphatic rings. The number of β-amino-alcohol motifs (C(OH)–C–C–N with tert-alkyl or cyclic N) is 1. The molecule has 2 fully saturated rings. The summed E-state index contributed by atoms with van der Waals surface area (Å²) >= 11 is 0. The van der Waals surface area contributed by atoms with E-state index in [4.69, 9.17) is 0 Å². The Kier molecular flexibility index (Phi) is 5.39. The van der Waals surface area contributed by atoms with Gasteiger partial charge in [-0.3, -0.25) is 9.69 Å². The number of aryl methyl sites for hydroxylation is 1. The van der Waals surface area contributed by atoms with Crippen molar-refractivity contribution in [1.29, 1.82) is 0 Å². The number of aliphatic hydroxyl groups is 1. The molecule has 0 spiro atoms. The molecule has 1 N–H and O–H groups in total. The highest BCUT2D eigenvalue weighted by molar-refractivity contribution is 5.77. The second-order valence-electron chi connectivity index (χ2n) is 7.41. The van der Waals surface area contributed by atoms with E-state index in [-0.39, 0.29) is 18.7 Å². The second-order valence-corrected chi connectivity index (χ2v) is 7.41. The molecule has 6 heteroatoms. The van der Waals surface area contributed by atoms with Crippen LogP contribution in [0.1, 0.15) is 31.2 Å². The Labute approximate surface area is 147 Å². The van der Waals surface area contributed by atoms with Crippen molar-refractivity contribution in [1.82, 2.24) is 9.80 Å². The lowest BCUT2D eigenvalue weighted by atomic mass is 10.00. The summed E-state index contributed by atoms with van der Waals surface area (Å²) in [5.74, 6) is -2.53. The van der Waals surface area contributed by atoms with E-state index in [9.17, 15) is 18.7 Å². The van der Waals surface area contributed by atoms with Crippen molar-refractivity contribution in [3.63, 3.8) is 0 Å². The minimum absolute atomic E-state index is 0.0463. The fraction of sp³-hybridized carbons (Fsp3) is 0.632. The molecular formula is C19H26F2N2O2. The van der Waals surface area contributed by atoms with E-state index >= 15 is 0 Å². The van der Waals surface area contributed by atoms with Gasteiger partial charge < -0.3 is 10.0 Å². The number of carbonyl (C=O) groups excluding carboxylic acids is 1. The standard InChI is InChI=1S/C19H26F2N2O2/c20-19(21)9-11-22(12-10-19)14-18(25)8-13-23(15-18)17(24)7-6-16-4-2-1-3-5-16/h1-5,25H,6-15H2/t18-/m1/s1. The van der Waals surface area contributed by atoms with Gasteiger partial charge in [0.05, 0.1) is 12.1 Å². The molecule has 3 rings (SSSR count). The first kappa shape index (κ1) is 18.3. The molecular weight excluding hydrogens is 326 g/mol. The number of likely N-dealkylation sites (tertiary alicyclic amines) is 2. The highest BCUT2D eigenvalue weighted by Crippen LogP contribution is 2.30. The number of hydrogen-bond donors (Lipinski definition) is 1. The van der Waals surface area contributed by atoms with Gasteiger partial charge in [-0.15, -0.1) is 0 Å². The zero-order chi connectivity index (χ0) is 17.9. The van der Waals surface area contributed by atoms with Gasteiger partial charge in [-0.05, 0) is 18.4 Å². The lowest BCUT2D eigenvalue weighted by molar-refractivity contribution is -0.131. The quantitative estimate of drug-likeness (QED) is 0.884. The maximum atomic E-state index is 13.2. The molecule has 2 heterocycles. The minimum atomic E-state index is -2.58. The number of nitrogens with zero attached hydrogens (tertiary/aromatic N) is 2. The van der Waals surface area contributed by atoms with Crippen molar-refractivity contribution in [3.8, 4) is 0 Å². The van der Waals surface area contributed by atoms with Crippen LogP contribution in [-0.4, -0.2) is 65.1 Å². The van der Waals surface area contributed by atoms with Gasteiger partial charge in [0, 0.05) is 45.4 Å². The SMILES string of the molecule is O=C(CCc1ccccc1)N1CC[C@@](O)(CN2CCC(F)(F)CC2)C1. The number of rotatable bonds is 5. The summed E-state index contributed by atoms with van der Waals surface area (Å²) in [6.45, 7) is 1.81. The predicted molar refractivity (Wildman–Crippen MR) is 91.5 cm³/mol. The topological polar surface area (TPSA) is 43.8 Å². The van der Waals surface area contributed by atoms with E-state index in [0.29, 0.717) is 52.0 Å². The second kappa shape index (κ2) is 7.38. The molecule has 1 atom stereocenters. The van der Waals surface area contributed by atoms with Crippen LogP contribution in [0.2, 0.25) is 0 Å². The lowest BCUT2D eigenvalue weighted by Gasteiger charge is -2.36. The van der Waals surface area contributed by atoms with Crippen LogP contribution in [-0.2, 0) is 11.2 Å². The number of piperidine rings is 1. The molecule has 0 radical (unpaired) electrons. The van der Waals surface area contributed by atoms with Crippen molar-refractivity contribution in [2.24, 2.45) is 0 Å². The van der Waals surface area contributed by atoms with Gasteiger partial charge in [0.2, 0.25) is 5.91 Å². The molecule has 1 aromatic carbocycles. The maximum Gasteiger partial charge on any atom is 0.250 e. The summed E-state index contributed by atoms with van der Waals surface area (Å²) in [5.41, 5.74) is 0.147. The van der Waals surface area contributed by atoms with Crippen LogP contribution in [0.25, 0.3) is 0 Å². The van der Waals surface area contributed by atoms with Gasteiger partial charge in [-0.25, -0.2) is 8.78 Å². The Morgan fingerprint density at radius 1 is 1.08 bits per heavy atom. The van der Waals surface area contributed by atoms with Gasteiger partial charge >= 0.3 is 0 Å². The fourth-order valence-electron chi connectivity index (χ4n) is 3.71. The normalized spacial score (nSPS) is 26.8. The van der Waals surface area contributed by atoms with E-state index in [1.54, 1.807) is 4.90 Å². The van der Waals surface area contributed by atoms with Crippen LogP contribution in [0.5, 0.6) is 0 Å². The van der Waals surface area contributed by atoms with Crippen molar-refractivity contribution < 1.29 is 18.7 Å². The number of amides is 1. The van der Waals surface area contributed by atoms with Gasteiger partial charge in [-0.1, -0.05) is 30.3 Å². The number of benzene rings is 1. The fourth-order valence-corrected chi connectivity index (χ4v) is 3.71. The first-order chi connectivity index (χ1) is 11.9. The third-order valence-electron chi connectivity index (χ3n) is 5.26. The highest BCUT2D eigenvalue weighted by atomic mass is 19.3. The number of halogens is 2. The maximum absolute atomic E-state index is 13.2. The molecule has 0 aromatic heterocycles. The molecule has 138 valence electrons. The Balaban J connectivity index is 1.46. The van der Waals surface area contributed by atoms with Crippen LogP contribution >= 0.6 is 0 Å². The summed E-state index contributed by atoms with van der Waals surface area (Å²) in [6, 6.07) is 9.86. The summed E-state index contributed by atoms with van der Waals surface area (Å²) in [7, 11) is 0. The monoisotopic (exact) mass is 352 g/mol. The van der Waals surface area contributed by atoms with Gasteiger partial charge in [0.1, 0.15) is 0 Å². The summed E-state index contributed by atoms with van der Waals surface area (Å²) in [6.07, 6.45) is 1.33. The van der Waals surface area contributed by atoms with Crippen LogP contribution in [0.4, 0.5) is 8.78 Å². The number of carbonyl (C=O) groups is 1. The molecule has 1 aromatic rings. The average molecular weight is 352 g/mol. The van der Waals surface area contributed by atoms with Gasteiger partial charge in [-0.2, -0.15) is 0 Å². The minimum Gasteiger partial charge on any atom is -0.387 e. The van der Waals surface area contributed by atoms with E-state index in [1.807, 2.05) is 35.2 Å². The van der Waals surface area contributed by atoms with Crippen molar-refractivity contribution in [2.75, 3.05) is 32.7 Å². The number of hydrogen-bond acceptors (Lipinski definition) is 3. The van der Waals surface area contributed by atoms with E-state index in [0.717, 1.165) is 5.56 Å². The number of alkyl halides is 2. The third kappa shape index (κ3) is 4.98. The van der Waals surface area contributed by atoms with Crippen molar-refractivity contribution in [2.45, 2.75) is 43.6 Å². The largest absolute Gasteiger partial charge is 0.387 e. The molecule has 0 aliphatic carbocycles. The Hall–Kier alpha value is -1.53. The van der Waals surface area contributed by atoms with Crippen LogP contribution in [0.15, 0.2) is 30.3 Å². The molecule has 4 nitrogen and oxygen atoms in total. The van der Waals surface area contributed by atoms with E-state index in [2.05, 4.69) is 0 Å². The molecule has 2 saturated heterocycles. The van der Waals surface area contributed by atoms with Gasteiger partial charge in [0.15, 0.2) is 0 Å². The van der Waals surface area contributed by atoms with Crippen LogP contribution in [0.3, 0.4) is 0 Å². The zero-order valence-corrected chi connectivity index (χ0v) is 14.5. The molecule has 1 amide bonds. The highest BCUT2D eigenvalue weighted by Gasteiger charge is 2.41. The first-order valence-corrected chi connectivity index (χ1v) is 9.00. The van der Waals surface area contributed by atoms with Crippen LogP contribution < -0.4 is 0 Å². The molecule has 0 bridgehead atoms.